The average Bonchev–Trinajstić information content (AvgIpc) is 2.44. The summed E-state index contributed by atoms with van der Waals surface area (Å²) in [6.07, 6.45) is 6.53. The molecule has 2 fully saturated rings. The van der Waals surface area contributed by atoms with Gasteiger partial charge < -0.3 is 4.74 Å². The molecule has 0 aromatic carbocycles. The summed E-state index contributed by atoms with van der Waals surface area (Å²) < 4.78 is 5.55. The van der Waals surface area contributed by atoms with Crippen molar-refractivity contribution in [2.45, 2.75) is 110 Å². The summed E-state index contributed by atoms with van der Waals surface area (Å²) in [4.78, 5) is 5.47. The van der Waals surface area contributed by atoms with Gasteiger partial charge in [-0.3, -0.25) is 9.80 Å². The van der Waals surface area contributed by atoms with Crippen LogP contribution >= 0.6 is 0 Å². The Kier molecular flexibility index (Phi) is 5.80. The Morgan fingerprint density at radius 1 is 0.917 bits per heavy atom. The lowest BCUT2D eigenvalue weighted by Crippen LogP contribution is -2.66. The maximum Gasteiger partial charge on any atom is 0.0594 e. The second-order valence-corrected chi connectivity index (χ2v) is 10.6. The Balaban J connectivity index is 2.12. The minimum Gasteiger partial charge on any atom is -0.379 e. The van der Waals surface area contributed by atoms with Gasteiger partial charge in [0.2, 0.25) is 0 Å². The van der Waals surface area contributed by atoms with Crippen LogP contribution < -0.4 is 0 Å². The van der Waals surface area contributed by atoms with E-state index in [0.717, 1.165) is 26.3 Å². The van der Waals surface area contributed by atoms with Crippen LogP contribution in [0, 0.1) is 0 Å². The fourth-order valence-corrected chi connectivity index (χ4v) is 5.71. The second kappa shape index (κ2) is 6.89. The summed E-state index contributed by atoms with van der Waals surface area (Å²) in [6.45, 7) is 23.4. The van der Waals surface area contributed by atoms with Crippen molar-refractivity contribution in [1.29, 1.82) is 0 Å². The third-order valence-corrected chi connectivity index (χ3v) is 6.46. The number of ether oxygens (including phenoxy) is 1. The van der Waals surface area contributed by atoms with E-state index in [0.29, 0.717) is 5.54 Å². The van der Waals surface area contributed by atoms with Gasteiger partial charge in [0, 0.05) is 35.2 Å². The van der Waals surface area contributed by atoms with Gasteiger partial charge in [-0.2, -0.15) is 0 Å². The van der Waals surface area contributed by atoms with Gasteiger partial charge in [-0.15, -0.1) is 0 Å². The molecule has 3 nitrogen and oxygen atoms in total. The highest BCUT2D eigenvalue weighted by atomic mass is 16.5. The highest BCUT2D eigenvalue weighted by Gasteiger charge is 2.49. The van der Waals surface area contributed by atoms with Crippen molar-refractivity contribution in [3.8, 4) is 0 Å². The predicted molar refractivity (Wildman–Crippen MR) is 104 cm³/mol. The van der Waals surface area contributed by atoms with Gasteiger partial charge in [0.25, 0.3) is 0 Å². The van der Waals surface area contributed by atoms with E-state index < -0.39 is 0 Å². The van der Waals surface area contributed by atoms with Crippen LogP contribution in [0.2, 0.25) is 0 Å². The lowest BCUT2D eigenvalue weighted by atomic mass is 9.72. The van der Waals surface area contributed by atoms with Crippen LogP contribution in [0.5, 0.6) is 0 Å². The van der Waals surface area contributed by atoms with Crippen molar-refractivity contribution in [1.82, 2.24) is 9.80 Å². The SMILES string of the molecule is CC(C)(C)N1C(C)(C)CCCC1(C)CCC(C)(C)N1CCOCC1. The third-order valence-electron chi connectivity index (χ3n) is 6.46. The zero-order valence-corrected chi connectivity index (χ0v) is 17.7. The van der Waals surface area contributed by atoms with Crippen molar-refractivity contribution in [2.75, 3.05) is 26.3 Å². The second-order valence-electron chi connectivity index (χ2n) is 10.6. The molecule has 0 radical (unpaired) electrons. The average molecular weight is 339 g/mol. The van der Waals surface area contributed by atoms with Crippen LogP contribution in [0.4, 0.5) is 0 Å². The minimum atomic E-state index is 0.210. The Labute approximate surface area is 151 Å². The molecule has 2 rings (SSSR count). The number of nitrogens with zero attached hydrogens (tertiary/aromatic N) is 2. The Morgan fingerprint density at radius 2 is 1.50 bits per heavy atom. The van der Waals surface area contributed by atoms with Gasteiger partial charge in [0.05, 0.1) is 13.2 Å². The first-order valence-electron chi connectivity index (χ1n) is 10.0. The maximum absolute atomic E-state index is 5.55. The van der Waals surface area contributed by atoms with Gasteiger partial charge in [0.15, 0.2) is 0 Å². The smallest absolute Gasteiger partial charge is 0.0594 e. The van der Waals surface area contributed by atoms with Crippen LogP contribution in [0.25, 0.3) is 0 Å². The van der Waals surface area contributed by atoms with Crippen molar-refractivity contribution in [3.05, 3.63) is 0 Å². The van der Waals surface area contributed by atoms with Gasteiger partial charge in [-0.05, 0) is 87.5 Å². The van der Waals surface area contributed by atoms with Crippen molar-refractivity contribution < 1.29 is 4.74 Å². The number of morpholine rings is 1. The number of likely N-dealkylation sites (tertiary alicyclic amines) is 1. The van der Waals surface area contributed by atoms with Gasteiger partial charge >= 0.3 is 0 Å². The minimum absolute atomic E-state index is 0.210. The standard InChI is InChI=1S/C21H42N2O/c1-18(2,3)23-20(6,7)10-9-11-21(23,8)13-12-19(4,5)22-14-16-24-17-15-22/h9-17H2,1-8H3. The van der Waals surface area contributed by atoms with Gasteiger partial charge in [-0.25, -0.2) is 0 Å². The zero-order valence-electron chi connectivity index (χ0n) is 17.7. The molecule has 0 aliphatic carbocycles. The third kappa shape index (κ3) is 4.34. The molecule has 0 aromatic rings. The molecule has 0 N–H and O–H groups in total. The first kappa shape index (κ1) is 20.2. The van der Waals surface area contributed by atoms with Crippen LogP contribution in [-0.4, -0.2) is 58.3 Å². The summed E-state index contributed by atoms with van der Waals surface area (Å²) in [5.74, 6) is 0. The number of rotatable bonds is 4. The molecule has 0 aromatic heterocycles. The molecule has 0 spiro atoms. The van der Waals surface area contributed by atoms with E-state index in [4.69, 9.17) is 4.74 Å². The van der Waals surface area contributed by atoms with Gasteiger partial charge in [0.1, 0.15) is 0 Å². The molecular weight excluding hydrogens is 296 g/mol. The fraction of sp³-hybridized carbons (Fsp3) is 1.00. The van der Waals surface area contributed by atoms with E-state index in [2.05, 4.69) is 65.2 Å². The maximum atomic E-state index is 5.55. The van der Waals surface area contributed by atoms with Crippen LogP contribution in [0.1, 0.15) is 87.5 Å². The van der Waals surface area contributed by atoms with Crippen LogP contribution in [0.15, 0.2) is 0 Å². The summed E-state index contributed by atoms with van der Waals surface area (Å²) in [6, 6.07) is 0. The predicted octanol–water partition coefficient (Wildman–Crippen LogP) is 4.70. The molecule has 3 heteroatoms. The van der Waals surface area contributed by atoms with Crippen LogP contribution in [-0.2, 0) is 4.74 Å². The molecule has 2 aliphatic rings. The fourth-order valence-electron chi connectivity index (χ4n) is 5.71. The monoisotopic (exact) mass is 338 g/mol. The van der Waals surface area contributed by atoms with Gasteiger partial charge in [-0.1, -0.05) is 0 Å². The van der Waals surface area contributed by atoms with E-state index in [1.807, 2.05) is 0 Å². The van der Waals surface area contributed by atoms with Crippen molar-refractivity contribution in [3.63, 3.8) is 0 Å². The lowest BCUT2D eigenvalue weighted by molar-refractivity contribution is -0.108. The zero-order chi connectivity index (χ0) is 18.2. The molecule has 1 atom stereocenters. The molecule has 142 valence electrons. The van der Waals surface area contributed by atoms with E-state index in [1.54, 1.807) is 0 Å². The molecule has 0 amide bonds. The van der Waals surface area contributed by atoms with E-state index >= 15 is 0 Å². The highest BCUT2D eigenvalue weighted by molar-refractivity contribution is 5.05. The molecule has 24 heavy (non-hydrogen) atoms. The molecular formula is C21H42N2O. The van der Waals surface area contributed by atoms with Crippen molar-refractivity contribution >= 4 is 0 Å². The summed E-state index contributed by atoms with van der Waals surface area (Å²) >= 11 is 0. The quantitative estimate of drug-likeness (QED) is 0.739. The molecule has 2 heterocycles. The molecule has 2 aliphatic heterocycles. The van der Waals surface area contributed by atoms with E-state index in [1.165, 1.54) is 32.1 Å². The highest BCUT2D eigenvalue weighted by Crippen LogP contribution is 2.46. The first-order chi connectivity index (χ1) is 10.9. The van der Waals surface area contributed by atoms with E-state index in [-0.39, 0.29) is 16.6 Å². The number of hydrogen-bond acceptors (Lipinski definition) is 3. The Bertz CT molecular complexity index is 418. The summed E-state index contributed by atoms with van der Waals surface area (Å²) in [5.41, 5.74) is 1.05. The van der Waals surface area contributed by atoms with Crippen LogP contribution in [0.3, 0.4) is 0 Å². The molecule has 0 saturated carbocycles. The lowest BCUT2D eigenvalue weighted by Gasteiger charge is -2.61. The Morgan fingerprint density at radius 3 is 2.04 bits per heavy atom. The first-order valence-corrected chi connectivity index (χ1v) is 10.0. The number of piperidine rings is 1. The number of hydrogen-bond donors (Lipinski definition) is 0. The topological polar surface area (TPSA) is 15.7 Å². The summed E-state index contributed by atoms with van der Waals surface area (Å²) in [5, 5.41) is 0. The summed E-state index contributed by atoms with van der Waals surface area (Å²) in [7, 11) is 0. The molecule has 0 bridgehead atoms. The molecule has 2 saturated heterocycles. The van der Waals surface area contributed by atoms with Crippen molar-refractivity contribution in [2.24, 2.45) is 0 Å². The van der Waals surface area contributed by atoms with E-state index in [9.17, 15) is 0 Å². The molecule has 1 unspecified atom stereocenters. The normalized spacial score (nSPS) is 30.5. The Hall–Kier alpha value is -0.120. The largest absolute Gasteiger partial charge is 0.379 e.